The van der Waals surface area contributed by atoms with Gasteiger partial charge in [-0.3, -0.25) is 9.12 Å². The Kier molecular flexibility index (Phi) is 4.81. The van der Waals surface area contributed by atoms with Crippen molar-refractivity contribution in [3.8, 4) is 22.9 Å². The van der Waals surface area contributed by atoms with Crippen LogP contribution >= 0.6 is 0 Å². The van der Waals surface area contributed by atoms with Gasteiger partial charge in [-0.1, -0.05) is 18.2 Å². The number of fused-ring (bicyclic) bond motifs is 1. The second kappa shape index (κ2) is 7.44. The molecule has 2 aromatic carbocycles. The first-order valence-electron chi connectivity index (χ1n) is 8.67. The van der Waals surface area contributed by atoms with Gasteiger partial charge in [-0.2, -0.15) is 0 Å². The Morgan fingerprint density at radius 3 is 2.59 bits per heavy atom. The molecule has 148 valence electrons. The summed E-state index contributed by atoms with van der Waals surface area (Å²) in [6.07, 6.45) is 1.85. The van der Waals surface area contributed by atoms with Crippen LogP contribution in [-0.2, 0) is 10.0 Å². The lowest BCUT2D eigenvalue weighted by molar-refractivity contribution is 0.392. The first kappa shape index (κ1) is 18.8. The Hall–Kier alpha value is -3.59. The third kappa shape index (κ3) is 3.59. The number of aromatic nitrogens is 3. The molecule has 4 aromatic rings. The number of anilines is 1. The zero-order valence-corrected chi connectivity index (χ0v) is 16.6. The first-order chi connectivity index (χ1) is 14.0. The Labute approximate surface area is 167 Å². The van der Waals surface area contributed by atoms with Crippen LogP contribution in [-0.4, -0.2) is 37.2 Å². The van der Waals surface area contributed by atoms with Crippen molar-refractivity contribution >= 4 is 21.4 Å². The highest BCUT2D eigenvalue weighted by Gasteiger charge is 2.21. The predicted octanol–water partition coefficient (Wildman–Crippen LogP) is 3.21. The molecule has 0 aliphatic heterocycles. The van der Waals surface area contributed by atoms with Crippen molar-refractivity contribution in [3.63, 3.8) is 0 Å². The maximum Gasteiger partial charge on any atom is 0.265 e. The zero-order valence-electron chi connectivity index (χ0n) is 15.7. The van der Waals surface area contributed by atoms with Gasteiger partial charge in [0.25, 0.3) is 10.0 Å². The van der Waals surface area contributed by atoms with Crippen LogP contribution in [0.15, 0.2) is 71.8 Å². The molecule has 9 heteroatoms. The minimum absolute atomic E-state index is 0.0160. The number of benzene rings is 2. The molecule has 0 radical (unpaired) electrons. The van der Waals surface area contributed by atoms with E-state index in [9.17, 15) is 8.42 Å². The smallest absolute Gasteiger partial charge is 0.265 e. The molecular formula is C20H18N4O4S. The normalized spacial score (nSPS) is 11.4. The van der Waals surface area contributed by atoms with Crippen LogP contribution in [0.1, 0.15) is 0 Å². The van der Waals surface area contributed by atoms with Crippen LogP contribution in [0.2, 0.25) is 0 Å². The van der Waals surface area contributed by atoms with E-state index in [1.807, 2.05) is 34.9 Å². The Morgan fingerprint density at radius 2 is 1.79 bits per heavy atom. The number of hydrogen-bond acceptors (Lipinski definition) is 6. The van der Waals surface area contributed by atoms with Gasteiger partial charge in [-0.15, -0.1) is 10.2 Å². The van der Waals surface area contributed by atoms with Gasteiger partial charge in [0.2, 0.25) is 0 Å². The topological polar surface area (TPSA) is 94.8 Å². The van der Waals surface area contributed by atoms with Gasteiger partial charge < -0.3 is 9.47 Å². The van der Waals surface area contributed by atoms with E-state index in [4.69, 9.17) is 9.47 Å². The van der Waals surface area contributed by atoms with Gasteiger partial charge in [0.15, 0.2) is 11.5 Å². The summed E-state index contributed by atoms with van der Waals surface area (Å²) < 4.78 is 40.7. The van der Waals surface area contributed by atoms with Gasteiger partial charge in [0.05, 0.1) is 14.2 Å². The van der Waals surface area contributed by atoms with Gasteiger partial charge >= 0.3 is 0 Å². The van der Waals surface area contributed by atoms with Crippen LogP contribution in [0.25, 0.3) is 17.0 Å². The van der Waals surface area contributed by atoms with Crippen molar-refractivity contribution < 1.29 is 17.9 Å². The molecule has 4 rings (SSSR count). The number of hydrogen-bond donors (Lipinski definition) is 1. The van der Waals surface area contributed by atoms with Gasteiger partial charge in [-0.25, -0.2) is 8.42 Å². The zero-order chi connectivity index (χ0) is 20.4. The summed E-state index contributed by atoms with van der Waals surface area (Å²) in [6, 6.07) is 17.1. The molecule has 0 atom stereocenters. The summed E-state index contributed by atoms with van der Waals surface area (Å²) in [5.74, 6) is 1.24. The van der Waals surface area contributed by atoms with E-state index < -0.39 is 10.0 Å². The largest absolute Gasteiger partial charge is 0.497 e. The Balaban J connectivity index is 1.71. The minimum atomic E-state index is -3.91. The average molecular weight is 410 g/mol. The van der Waals surface area contributed by atoms with Crippen LogP contribution in [0.5, 0.6) is 11.5 Å². The van der Waals surface area contributed by atoms with Gasteiger partial charge in [0.1, 0.15) is 16.4 Å². The molecule has 0 saturated carbocycles. The molecule has 0 saturated heterocycles. The summed E-state index contributed by atoms with van der Waals surface area (Å²) in [5, 5.41) is 8.34. The third-order valence-corrected chi connectivity index (χ3v) is 5.75. The summed E-state index contributed by atoms with van der Waals surface area (Å²) in [4.78, 5) is -0.0160. The van der Waals surface area contributed by atoms with E-state index in [0.717, 1.165) is 5.56 Å². The second-order valence-corrected chi connectivity index (χ2v) is 7.81. The molecule has 0 bridgehead atoms. The highest BCUT2D eigenvalue weighted by molar-refractivity contribution is 7.92. The molecule has 0 unspecified atom stereocenters. The number of ether oxygens (including phenoxy) is 2. The number of pyridine rings is 1. The molecule has 0 aliphatic rings. The second-order valence-electron chi connectivity index (χ2n) is 6.16. The number of nitrogens with zero attached hydrogens (tertiary/aromatic N) is 3. The quantitative estimate of drug-likeness (QED) is 0.524. The fourth-order valence-electron chi connectivity index (χ4n) is 2.96. The molecular weight excluding hydrogens is 392 g/mol. The maximum atomic E-state index is 13.0. The lowest BCUT2D eigenvalue weighted by Crippen LogP contribution is -2.14. The van der Waals surface area contributed by atoms with E-state index in [0.29, 0.717) is 22.9 Å². The SMILES string of the molecule is COc1ccc(OC)c(S(=O)(=O)Nc2cccc(-c3nnc4ccccn34)c2)c1. The molecule has 29 heavy (non-hydrogen) atoms. The highest BCUT2D eigenvalue weighted by atomic mass is 32.2. The molecule has 0 aliphatic carbocycles. The minimum Gasteiger partial charge on any atom is -0.497 e. The molecule has 1 N–H and O–H groups in total. The number of rotatable bonds is 6. The first-order valence-corrected chi connectivity index (χ1v) is 10.2. The summed E-state index contributed by atoms with van der Waals surface area (Å²) in [7, 11) is -1.03. The summed E-state index contributed by atoms with van der Waals surface area (Å²) in [6.45, 7) is 0. The van der Waals surface area contributed by atoms with E-state index in [1.165, 1.54) is 20.3 Å². The molecule has 2 heterocycles. The molecule has 0 amide bonds. The number of nitrogens with one attached hydrogen (secondary N) is 1. The lowest BCUT2D eigenvalue weighted by Gasteiger charge is -2.13. The average Bonchev–Trinajstić information content (AvgIpc) is 3.17. The van der Waals surface area contributed by atoms with Crippen molar-refractivity contribution in [2.24, 2.45) is 0 Å². The van der Waals surface area contributed by atoms with E-state index in [2.05, 4.69) is 14.9 Å². The van der Waals surface area contributed by atoms with Gasteiger partial charge in [0, 0.05) is 23.5 Å². The van der Waals surface area contributed by atoms with Crippen LogP contribution in [0.4, 0.5) is 5.69 Å². The van der Waals surface area contributed by atoms with Crippen LogP contribution in [0, 0.1) is 0 Å². The standard InChI is InChI=1S/C20H18N4O4S/c1-27-16-9-10-17(28-2)18(13-16)29(25,26)23-15-7-5-6-14(12-15)20-22-21-19-8-3-4-11-24(19)20/h3-13,23H,1-2H3. The monoisotopic (exact) mass is 410 g/mol. The molecule has 0 spiro atoms. The van der Waals surface area contributed by atoms with Crippen molar-refractivity contribution in [2.75, 3.05) is 18.9 Å². The lowest BCUT2D eigenvalue weighted by atomic mass is 10.2. The third-order valence-electron chi connectivity index (χ3n) is 4.35. The fraction of sp³-hybridized carbons (Fsp3) is 0.100. The van der Waals surface area contributed by atoms with Crippen LogP contribution < -0.4 is 14.2 Å². The van der Waals surface area contributed by atoms with Crippen molar-refractivity contribution in [3.05, 3.63) is 66.9 Å². The van der Waals surface area contributed by atoms with Crippen molar-refractivity contribution in [1.82, 2.24) is 14.6 Å². The van der Waals surface area contributed by atoms with E-state index in [-0.39, 0.29) is 10.6 Å². The Bertz CT molecular complexity index is 1280. The van der Waals surface area contributed by atoms with Gasteiger partial charge in [-0.05, 0) is 36.4 Å². The maximum absolute atomic E-state index is 13.0. The molecule has 0 fully saturated rings. The summed E-state index contributed by atoms with van der Waals surface area (Å²) >= 11 is 0. The number of sulfonamides is 1. The number of methoxy groups -OCH3 is 2. The van der Waals surface area contributed by atoms with Crippen molar-refractivity contribution in [1.29, 1.82) is 0 Å². The van der Waals surface area contributed by atoms with Crippen LogP contribution in [0.3, 0.4) is 0 Å². The van der Waals surface area contributed by atoms with E-state index >= 15 is 0 Å². The summed E-state index contributed by atoms with van der Waals surface area (Å²) in [5.41, 5.74) is 1.82. The molecule has 8 nitrogen and oxygen atoms in total. The fourth-order valence-corrected chi connectivity index (χ4v) is 4.20. The molecule has 2 aromatic heterocycles. The predicted molar refractivity (Wildman–Crippen MR) is 109 cm³/mol. The Morgan fingerprint density at radius 1 is 0.931 bits per heavy atom. The van der Waals surface area contributed by atoms with E-state index in [1.54, 1.807) is 30.3 Å². The van der Waals surface area contributed by atoms with Crippen molar-refractivity contribution in [2.45, 2.75) is 4.90 Å². The highest BCUT2D eigenvalue weighted by Crippen LogP contribution is 2.30.